The molecule has 2 aromatic heterocycles. The lowest BCUT2D eigenvalue weighted by molar-refractivity contribution is -0.113. The van der Waals surface area contributed by atoms with E-state index in [1.807, 2.05) is 63.2 Å². The number of hydrogen-bond acceptors (Lipinski definition) is 6. The van der Waals surface area contributed by atoms with E-state index in [2.05, 4.69) is 10.4 Å². The van der Waals surface area contributed by atoms with Crippen LogP contribution in [0.2, 0.25) is 0 Å². The molecular weight excluding hydrogens is 436 g/mol. The summed E-state index contributed by atoms with van der Waals surface area (Å²) in [6, 6.07) is 13.7. The third kappa shape index (κ3) is 4.80. The Bertz CT molecular complexity index is 1330. The van der Waals surface area contributed by atoms with Gasteiger partial charge in [0, 0.05) is 16.9 Å². The minimum absolute atomic E-state index is 0.0661. The second-order valence-electron chi connectivity index (χ2n) is 7.75. The van der Waals surface area contributed by atoms with Crippen LogP contribution in [0.4, 0.5) is 5.69 Å². The molecule has 0 aliphatic carbocycles. The summed E-state index contributed by atoms with van der Waals surface area (Å²) in [6.45, 7) is 5.93. The van der Waals surface area contributed by atoms with Crippen LogP contribution in [-0.2, 0) is 4.79 Å². The summed E-state index contributed by atoms with van der Waals surface area (Å²) >= 11 is 1.43. The molecule has 170 valence electrons. The van der Waals surface area contributed by atoms with E-state index in [0.29, 0.717) is 11.5 Å². The standard InChI is InChI=1S/C25H26N4O3S/c1-15-6-7-16(2)20(10-15)28-23(30)14-33-24-11-17(3)27-25-19(13-26-29(24)25)18-8-9-21(31-4)22(12-18)32-5/h6-13H,14H2,1-5H3,(H,28,30). The predicted molar refractivity (Wildman–Crippen MR) is 132 cm³/mol. The third-order valence-electron chi connectivity index (χ3n) is 5.28. The minimum Gasteiger partial charge on any atom is -0.493 e. The molecule has 0 aliphatic rings. The number of aryl methyl sites for hydroxylation is 3. The molecule has 2 aromatic carbocycles. The van der Waals surface area contributed by atoms with Gasteiger partial charge < -0.3 is 14.8 Å². The molecule has 0 saturated heterocycles. The maximum Gasteiger partial charge on any atom is 0.234 e. The molecule has 1 amide bonds. The maximum atomic E-state index is 12.6. The number of hydrogen-bond donors (Lipinski definition) is 1. The van der Waals surface area contributed by atoms with Gasteiger partial charge >= 0.3 is 0 Å². The number of carbonyl (C=O) groups excluding carboxylic acids is 1. The molecule has 0 aliphatic heterocycles. The van der Waals surface area contributed by atoms with Crippen LogP contribution in [0.3, 0.4) is 0 Å². The molecule has 7 nitrogen and oxygen atoms in total. The van der Waals surface area contributed by atoms with Gasteiger partial charge in [-0.3, -0.25) is 4.79 Å². The van der Waals surface area contributed by atoms with E-state index < -0.39 is 0 Å². The number of carbonyl (C=O) groups is 1. The van der Waals surface area contributed by atoms with Crippen LogP contribution < -0.4 is 14.8 Å². The highest BCUT2D eigenvalue weighted by molar-refractivity contribution is 7.99. The predicted octanol–water partition coefficient (Wildman–Crippen LogP) is 5.07. The third-order valence-corrected chi connectivity index (χ3v) is 6.27. The zero-order valence-corrected chi connectivity index (χ0v) is 20.1. The van der Waals surface area contributed by atoms with Crippen LogP contribution in [0.5, 0.6) is 11.5 Å². The topological polar surface area (TPSA) is 77.8 Å². The number of nitrogens with one attached hydrogen (secondary N) is 1. The molecule has 4 aromatic rings. The number of thioether (sulfide) groups is 1. The second-order valence-corrected chi connectivity index (χ2v) is 8.75. The van der Waals surface area contributed by atoms with Crippen molar-refractivity contribution in [3.05, 3.63) is 65.5 Å². The van der Waals surface area contributed by atoms with Crippen LogP contribution in [0.25, 0.3) is 16.8 Å². The molecule has 0 radical (unpaired) electrons. The van der Waals surface area contributed by atoms with Crippen molar-refractivity contribution in [1.82, 2.24) is 14.6 Å². The average molecular weight is 463 g/mol. The van der Waals surface area contributed by atoms with Crippen molar-refractivity contribution in [2.75, 3.05) is 25.3 Å². The maximum absolute atomic E-state index is 12.6. The summed E-state index contributed by atoms with van der Waals surface area (Å²) in [7, 11) is 3.22. The number of amides is 1. The summed E-state index contributed by atoms with van der Waals surface area (Å²) in [4.78, 5) is 17.3. The summed E-state index contributed by atoms with van der Waals surface area (Å²) in [5.41, 5.74) is 6.35. The minimum atomic E-state index is -0.0661. The van der Waals surface area contributed by atoms with Crippen molar-refractivity contribution >= 4 is 29.0 Å². The molecule has 0 atom stereocenters. The van der Waals surface area contributed by atoms with Crippen LogP contribution in [0.1, 0.15) is 16.8 Å². The molecule has 0 bridgehead atoms. The number of aromatic nitrogens is 3. The van der Waals surface area contributed by atoms with Gasteiger partial charge in [0.25, 0.3) is 0 Å². The molecule has 0 unspecified atom stereocenters. The fraction of sp³-hybridized carbons (Fsp3) is 0.240. The van der Waals surface area contributed by atoms with Crippen LogP contribution >= 0.6 is 11.8 Å². The van der Waals surface area contributed by atoms with Crippen molar-refractivity contribution in [2.45, 2.75) is 25.8 Å². The first-order chi connectivity index (χ1) is 15.9. The largest absolute Gasteiger partial charge is 0.493 e. The van der Waals surface area contributed by atoms with E-state index >= 15 is 0 Å². The lowest BCUT2D eigenvalue weighted by Gasteiger charge is -2.11. The number of benzene rings is 2. The first kappa shape index (κ1) is 22.7. The Morgan fingerprint density at radius 1 is 1.03 bits per heavy atom. The smallest absolute Gasteiger partial charge is 0.234 e. The van der Waals surface area contributed by atoms with Crippen LogP contribution in [0.15, 0.2) is 53.7 Å². The summed E-state index contributed by atoms with van der Waals surface area (Å²) in [6.07, 6.45) is 1.78. The van der Waals surface area contributed by atoms with E-state index in [4.69, 9.17) is 14.5 Å². The second kappa shape index (κ2) is 9.54. The van der Waals surface area contributed by atoms with Crippen molar-refractivity contribution in [1.29, 1.82) is 0 Å². The van der Waals surface area contributed by atoms with E-state index in [0.717, 1.165) is 44.3 Å². The molecular formula is C25H26N4O3S. The normalized spacial score (nSPS) is 10.9. The lowest BCUT2D eigenvalue weighted by Crippen LogP contribution is -2.15. The Kier molecular flexibility index (Phi) is 6.55. The number of rotatable bonds is 7. The Balaban J connectivity index is 1.59. The van der Waals surface area contributed by atoms with Gasteiger partial charge in [-0.1, -0.05) is 30.0 Å². The molecule has 1 N–H and O–H groups in total. The van der Waals surface area contributed by atoms with Crippen LogP contribution in [-0.4, -0.2) is 40.5 Å². The average Bonchev–Trinajstić information content (AvgIpc) is 3.23. The molecule has 2 heterocycles. The number of fused-ring (bicyclic) bond motifs is 1. The number of nitrogens with zero attached hydrogens (tertiary/aromatic N) is 3. The highest BCUT2D eigenvalue weighted by atomic mass is 32.2. The fourth-order valence-corrected chi connectivity index (χ4v) is 4.42. The van der Waals surface area contributed by atoms with E-state index in [1.54, 1.807) is 24.9 Å². The Morgan fingerprint density at radius 2 is 1.82 bits per heavy atom. The van der Waals surface area contributed by atoms with E-state index in [9.17, 15) is 4.79 Å². The van der Waals surface area contributed by atoms with Gasteiger partial charge in [-0.25, -0.2) is 9.50 Å². The summed E-state index contributed by atoms with van der Waals surface area (Å²) in [5, 5.41) is 8.41. The quantitative estimate of drug-likeness (QED) is 0.305. The Labute approximate surface area is 197 Å². The number of methoxy groups -OCH3 is 2. The van der Waals surface area contributed by atoms with Gasteiger partial charge in [0.05, 0.1) is 26.2 Å². The fourth-order valence-electron chi connectivity index (χ4n) is 3.56. The highest BCUT2D eigenvalue weighted by Gasteiger charge is 2.16. The van der Waals surface area contributed by atoms with E-state index in [1.165, 1.54) is 11.8 Å². The monoisotopic (exact) mass is 462 g/mol. The molecule has 8 heteroatoms. The van der Waals surface area contributed by atoms with Crippen molar-refractivity contribution in [3.63, 3.8) is 0 Å². The van der Waals surface area contributed by atoms with Gasteiger partial charge in [0.2, 0.25) is 5.91 Å². The SMILES string of the molecule is COc1ccc(-c2cnn3c(SCC(=O)Nc4cc(C)ccc4C)cc(C)nc23)cc1OC. The van der Waals surface area contributed by atoms with Crippen molar-refractivity contribution in [2.24, 2.45) is 0 Å². The number of ether oxygens (including phenoxy) is 2. The highest BCUT2D eigenvalue weighted by Crippen LogP contribution is 2.34. The summed E-state index contributed by atoms with van der Waals surface area (Å²) < 4.78 is 12.6. The zero-order chi connectivity index (χ0) is 23.5. The Hall–Kier alpha value is -3.52. The molecule has 33 heavy (non-hydrogen) atoms. The number of anilines is 1. The van der Waals surface area contributed by atoms with Gasteiger partial charge in [0.15, 0.2) is 17.1 Å². The molecule has 0 fully saturated rings. The van der Waals surface area contributed by atoms with Gasteiger partial charge in [-0.2, -0.15) is 5.10 Å². The lowest BCUT2D eigenvalue weighted by atomic mass is 10.1. The van der Waals surface area contributed by atoms with E-state index in [-0.39, 0.29) is 11.7 Å². The van der Waals surface area contributed by atoms with Crippen LogP contribution in [0, 0.1) is 20.8 Å². The van der Waals surface area contributed by atoms with Crippen molar-refractivity contribution in [3.8, 4) is 22.6 Å². The molecule has 0 saturated carbocycles. The summed E-state index contributed by atoms with van der Waals surface area (Å²) in [5.74, 6) is 1.49. The van der Waals surface area contributed by atoms with Gasteiger partial charge in [0.1, 0.15) is 5.03 Å². The Morgan fingerprint density at radius 3 is 2.58 bits per heavy atom. The van der Waals surface area contributed by atoms with Gasteiger partial charge in [-0.05, 0) is 61.7 Å². The first-order valence-corrected chi connectivity index (χ1v) is 11.5. The molecule has 4 rings (SSSR count). The first-order valence-electron chi connectivity index (χ1n) is 10.5. The zero-order valence-electron chi connectivity index (χ0n) is 19.3. The van der Waals surface area contributed by atoms with Crippen molar-refractivity contribution < 1.29 is 14.3 Å². The van der Waals surface area contributed by atoms with Gasteiger partial charge in [-0.15, -0.1) is 0 Å². The molecule has 0 spiro atoms.